The second kappa shape index (κ2) is 2.83. The summed E-state index contributed by atoms with van der Waals surface area (Å²) in [6, 6.07) is 7.25. The van der Waals surface area contributed by atoms with Crippen molar-refractivity contribution in [3.63, 3.8) is 0 Å². The van der Waals surface area contributed by atoms with Crippen LogP contribution in [-0.4, -0.2) is 0 Å². The molecule has 0 heterocycles. The van der Waals surface area contributed by atoms with E-state index in [0.717, 1.165) is 5.92 Å². The van der Waals surface area contributed by atoms with E-state index < -0.39 is 0 Å². The third kappa shape index (κ3) is 1.19. The van der Waals surface area contributed by atoms with Crippen molar-refractivity contribution in [2.75, 3.05) is 0 Å². The van der Waals surface area contributed by atoms with Gasteiger partial charge in [-0.15, -0.1) is 0 Å². The van der Waals surface area contributed by atoms with Gasteiger partial charge in [-0.1, -0.05) is 25.1 Å². The average Bonchev–Trinajstić information content (AvgIpc) is 2.97. The number of fused-ring (bicyclic) bond motifs is 1. The molecular weight excluding hydrogens is 170 g/mol. The minimum Gasteiger partial charge on any atom is -0.324 e. The molecule has 0 amide bonds. The number of rotatable bonds is 1. The highest BCUT2D eigenvalue weighted by Crippen LogP contribution is 2.43. The fourth-order valence-corrected chi connectivity index (χ4v) is 2.56. The van der Waals surface area contributed by atoms with Crippen molar-refractivity contribution in [3.8, 4) is 0 Å². The topological polar surface area (TPSA) is 26.0 Å². The van der Waals surface area contributed by atoms with Crippen molar-refractivity contribution in [2.24, 2.45) is 11.7 Å². The van der Waals surface area contributed by atoms with Gasteiger partial charge in [0.25, 0.3) is 0 Å². The minimum absolute atomic E-state index is 0.281. The Morgan fingerprint density at radius 3 is 2.79 bits per heavy atom. The van der Waals surface area contributed by atoms with Gasteiger partial charge in [0.2, 0.25) is 0 Å². The largest absolute Gasteiger partial charge is 0.324 e. The molecule has 0 aliphatic heterocycles. The van der Waals surface area contributed by atoms with Gasteiger partial charge in [-0.3, -0.25) is 0 Å². The molecule has 0 aromatic heterocycles. The smallest absolute Gasteiger partial charge is 0.0326 e. The van der Waals surface area contributed by atoms with Crippen molar-refractivity contribution in [2.45, 2.75) is 38.1 Å². The Kier molecular flexibility index (Phi) is 1.72. The molecule has 2 unspecified atom stereocenters. The minimum atomic E-state index is 0.281. The second-order valence-corrected chi connectivity index (χ2v) is 4.94. The van der Waals surface area contributed by atoms with E-state index in [1.54, 1.807) is 0 Å². The van der Waals surface area contributed by atoms with E-state index in [0.29, 0.717) is 5.92 Å². The Morgan fingerprint density at radius 2 is 2.07 bits per heavy atom. The molecular formula is C13H17N. The van der Waals surface area contributed by atoms with Gasteiger partial charge >= 0.3 is 0 Å². The summed E-state index contributed by atoms with van der Waals surface area (Å²) >= 11 is 0. The monoisotopic (exact) mass is 187 g/mol. The zero-order valence-corrected chi connectivity index (χ0v) is 8.66. The fraction of sp³-hybridized carbons (Fsp3) is 0.538. The van der Waals surface area contributed by atoms with E-state index in [1.807, 2.05) is 0 Å². The SMILES string of the molecule is CC1Cc2ccc(C3CC3)cc2C1N. The van der Waals surface area contributed by atoms with E-state index in [2.05, 4.69) is 25.1 Å². The number of hydrogen-bond donors (Lipinski definition) is 1. The normalized spacial score (nSPS) is 30.4. The molecule has 0 radical (unpaired) electrons. The number of benzene rings is 1. The molecule has 3 rings (SSSR count). The van der Waals surface area contributed by atoms with Crippen LogP contribution in [0.25, 0.3) is 0 Å². The quantitative estimate of drug-likeness (QED) is 0.718. The molecule has 1 aromatic rings. The summed E-state index contributed by atoms with van der Waals surface area (Å²) < 4.78 is 0. The van der Waals surface area contributed by atoms with Crippen molar-refractivity contribution < 1.29 is 0 Å². The highest BCUT2D eigenvalue weighted by atomic mass is 14.7. The van der Waals surface area contributed by atoms with Gasteiger partial charge in [0.15, 0.2) is 0 Å². The maximum atomic E-state index is 6.18. The fourth-order valence-electron chi connectivity index (χ4n) is 2.56. The van der Waals surface area contributed by atoms with Crippen LogP contribution >= 0.6 is 0 Å². The highest BCUT2D eigenvalue weighted by molar-refractivity contribution is 5.40. The Labute approximate surface area is 85.3 Å². The van der Waals surface area contributed by atoms with Crippen LogP contribution in [0, 0.1) is 5.92 Å². The first kappa shape index (κ1) is 8.49. The first-order chi connectivity index (χ1) is 6.75. The molecule has 14 heavy (non-hydrogen) atoms. The molecule has 2 N–H and O–H groups in total. The summed E-state index contributed by atoms with van der Waals surface area (Å²) in [6.07, 6.45) is 3.93. The lowest BCUT2D eigenvalue weighted by Crippen LogP contribution is -2.13. The van der Waals surface area contributed by atoms with Gasteiger partial charge in [-0.05, 0) is 47.8 Å². The van der Waals surface area contributed by atoms with Gasteiger partial charge < -0.3 is 5.73 Å². The van der Waals surface area contributed by atoms with E-state index in [9.17, 15) is 0 Å². The molecule has 0 saturated heterocycles. The molecule has 2 atom stereocenters. The predicted octanol–water partition coefficient (Wildman–Crippen LogP) is 2.76. The molecule has 1 heteroatoms. The highest BCUT2D eigenvalue weighted by Gasteiger charge is 2.29. The van der Waals surface area contributed by atoms with E-state index in [1.165, 1.54) is 36.0 Å². The van der Waals surface area contributed by atoms with Crippen molar-refractivity contribution >= 4 is 0 Å². The number of hydrogen-bond acceptors (Lipinski definition) is 1. The molecule has 1 fully saturated rings. The molecule has 74 valence electrons. The summed E-state index contributed by atoms with van der Waals surface area (Å²) in [6.45, 7) is 2.25. The average molecular weight is 187 g/mol. The standard InChI is InChI=1S/C13H17N/c1-8-6-11-5-4-10(9-2-3-9)7-12(11)13(8)14/h4-5,7-9,13H,2-3,6,14H2,1H3. The lowest BCUT2D eigenvalue weighted by molar-refractivity contribution is 0.513. The molecule has 1 aromatic carbocycles. The lowest BCUT2D eigenvalue weighted by Gasteiger charge is -2.10. The Hall–Kier alpha value is -0.820. The first-order valence-electron chi connectivity index (χ1n) is 5.64. The van der Waals surface area contributed by atoms with Gasteiger partial charge in [-0.25, -0.2) is 0 Å². The van der Waals surface area contributed by atoms with Crippen molar-refractivity contribution in [3.05, 3.63) is 34.9 Å². The Balaban J connectivity index is 2.02. The first-order valence-corrected chi connectivity index (χ1v) is 5.64. The van der Waals surface area contributed by atoms with Gasteiger partial charge in [0.1, 0.15) is 0 Å². The van der Waals surface area contributed by atoms with Gasteiger partial charge in [0.05, 0.1) is 0 Å². The van der Waals surface area contributed by atoms with Crippen LogP contribution in [0.4, 0.5) is 0 Å². The van der Waals surface area contributed by atoms with Crippen LogP contribution < -0.4 is 5.73 Å². The molecule has 1 nitrogen and oxygen atoms in total. The third-order valence-electron chi connectivity index (χ3n) is 3.73. The van der Waals surface area contributed by atoms with Gasteiger partial charge in [-0.2, -0.15) is 0 Å². The number of nitrogens with two attached hydrogens (primary N) is 1. The zero-order valence-electron chi connectivity index (χ0n) is 8.66. The Bertz CT molecular complexity index is 365. The van der Waals surface area contributed by atoms with Crippen LogP contribution in [-0.2, 0) is 6.42 Å². The van der Waals surface area contributed by atoms with E-state index in [4.69, 9.17) is 5.73 Å². The van der Waals surface area contributed by atoms with E-state index >= 15 is 0 Å². The molecule has 2 aliphatic rings. The predicted molar refractivity (Wildman–Crippen MR) is 58.2 cm³/mol. The maximum absolute atomic E-state index is 6.18. The molecule has 0 bridgehead atoms. The summed E-state index contributed by atoms with van der Waals surface area (Å²) in [5, 5.41) is 0. The zero-order chi connectivity index (χ0) is 9.71. The summed E-state index contributed by atoms with van der Waals surface area (Å²) in [5.74, 6) is 1.47. The molecule has 2 aliphatic carbocycles. The van der Waals surface area contributed by atoms with E-state index in [-0.39, 0.29) is 6.04 Å². The van der Waals surface area contributed by atoms with Crippen molar-refractivity contribution in [1.29, 1.82) is 0 Å². The van der Waals surface area contributed by atoms with Crippen molar-refractivity contribution in [1.82, 2.24) is 0 Å². The van der Waals surface area contributed by atoms with Crippen LogP contribution in [0.1, 0.15) is 48.4 Å². The van der Waals surface area contributed by atoms with Crippen LogP contribution in [0.15, 0.2) is 18.2 Å². The second-order valence-electron chi connectivity index (χ2n) is 4.94. The van der Waals surface area contributed by atoms with Gasteiger partial charge in [0, 0.05) is 6.04 Å². The summed E-state index contributed by atoms with van der Waals surface area (Å²) in [5.41, 5.74) is 10.6. The molecule has 0 spiro atoms. The van der Waals surface area contributed by atoms with Crippen LogP contribution in [0.2, 0.25) is 0 Å². The maximum Gasteiger partial charge on any atom is 0.0326 e. The summed E-state index contributed by atoms with van der Waals surface area (Å²) in [4.78, 5) is 0. The summed E-state index contributed by atoms with van der Waals surface area (Å²) in [7, 11) is 0. The molecule has 1 saturated carbocycles. The third-order valence-corrected chi connectivity index (χ3v) is 3.73. The van der Waals surface area contributed by atoms with Crippen LogP contribution in [0.3, 0.4) is 0 Å². The van der Waals surface area contributed by atoms with Crippen LogP contribution in [0.5, 0.6) is 0 Å². The Morgan fingerprint density at radius 1 is 1.29 bits per heavy atom. The lowest BCUT2D eigenvalue weighted by atomic mass is 10.0.